The monoisotopic (exact) mass is 245 g/mol. The van der Waals surface area contributed by atoms with Crippen LogP contribution >= 0.6 is 11.6 Å². The molecule has 0 aliphatic carbocycles. The molecule has 0 bridgehead atoms. The van der Waals surface area contributed by atoms with Crippen LogP contribution in [0.3, 0.4) is 0 Å². The summed E-state index contributed by atoms with van der Waals surface area (Å²) in [6.07, 6.45) is 0. The van der Waals surface area contributed by atoms with E-state index in [2.05, 4.69) is 11.2 Å². The minimum absolute atomic E-state index is 0.573. The van der Waals surface area contributed by atoms with Crippen LogP contribution in [0.4, 0.5) is 0 Å². The Hall–Kier alpha value is -1.79. The number of nitriles is 1. The summed E-state index contributed by atoms with van der Waals surface area (Å²) in [6.45, 7) is 4.38. The van der Waals surface area contributed by atoms with Gasteiger partial charge in [0, 0.05) is 0 Å². The first-order valence-corrected chi connectivity index (χ1v) is 5.68. The number of hydrogen-bond acceptors (Lipinski definition) is 2. The van der Waals surface area contributed by atoms with Gasteiger partial charge in [0.15, 0.2) is 0 Å². The van der Waals surface area contributed by atoms with Crippen LogP contribution < -0.4 is 0 Å². The Morgan fingerprint density at radius 3 is 2.65 bits per heavy atom. The summed E-state index contributed by atoms with van der Waals surface area (Å²) in [7, 11) is 0. The van der Waals surface area contributed by atoms with Crippen molar-refractivity contribution in [2.24, 2.45) is 0 Å². The van der Waals surface area contributed by atoms with Gasteiger partial charge in [0.05, 0.1) is 34.6 Å². The number of rotatable bonds is 2. The molecule has 86 valence electrons. The number of halogens is 1. The molecule has 0 saturated heterocycles. The van der Waals surface area contributed by atoms with E-state index >= 15 is 0 Å². The van der Waals surface area contributed by atoms with Gasteiger partial charge in [-0.2, -0.15) is 10.4 Å². The van der Waals surface area contributed by atoms with Gasteiger partial charge in [-0.05, 0) is 25.5 Å². The van der Waals surface area contributed by atoms with Crippen LogP contribution in [0, 0.1) is 25.2 Å². The van der Waals surface area contributed by atoms with Crippen molar-refractivity contribution in [2.45, 2.75) is 20.4 Å². The third-order valence-corrected chi connectivity index (χ3v) is 3.30. The Kier molecular flexibility index (Phi) is 3.16. The molecular weight excluding hydrogens is 234 g/mol. The van der Waals surface area contributed by atoms with Crippen LogP contribution in [-0.2, 0) is 6.54 Å². The quantitative estimate of drug-likeness (QED) is 0.816. The summed E-state index contributed by atoms with van der Waals surface area (Å²) in [6, 6.07) is 9.70. The number of aromatic nitrogens is 2. The highest BCUT2D eigenvalue weighted by Crippen LogP contribution is 2.20. The summed E-state index contributed by atoms with van der Waals surface area (Å²) in [5.74, 6) is 0. The average Bonchev–Trinajstić information content (AvgIpc) is 2.58. The lowest BCUT2D eigenvalue weighted by Gasteiger charge is -2.06. The van der Waals surface area contributed by atoms with Gasteiger partial charge in [-0.1, -0.05) is 29.8 Å². The predicted molar refractivity (Wildman–Crippen MR) is 67.0 cm³/mol. The van der Waals surface area contributed by atoms with Gasteiger partial charge in [-0.3, -0.25) is 4.68 Å². The Labute approximate surface area is 105 Å². The molecular formula is C13H12ClN3. The first-order chi connectivity index (χ1) is 8.13. The predicted octanol–water partition coefficient (Wildman–Crippen LogP) is 3.07. The maximum atomic E-state index is 9.02. The van der Waals surface area contributed by atoms with E-state index in [9.17, 15) is 0 Å². The molecule has 1 aromatic carbocycles. The van der Waals surface area contributed by atoms with Gasteiger partial charge in [0.25, 0.3) is 0 Å². The molecule has 3 nitrogen and oxygen atoms in total. The summed E-state index contributed by atoms with van der Waals surface area (Å²) in [5, 5.41) is 14.1. The van der Waals surface area contributed by atoms with Crippen LogP contribution in [0.25, 0.3) is 0 Å². The minimum atomic E-state index is 0.573. The molecule has 2 aromatic rings. The highest BCUT2D eigenvalue weighted by atomic mass is 35.5. The lowest BCUT2D eigenvalue weighted by molar-refractivity contribution is 0.658. The molecule has 17 heavy (non-hydrogen) atoms. The maximum Gasteiger partial charge on any atom is 0.0995 e. The molecule has 0 aliphatic rings. The zero-order chi connectivity index (χ0) is 12.4. The van der Waals surface area contributed by atoms with Gasteiger partial charge < -0.3 is 0 Å². The molecule has 1 aromatic heterocycles. The van der Waals surface area contributed by atoms with E-state index in [1.54, 1.807) is 0 Å². The highest BCUT2D eigenvalue weighted by Gasteiger charge is 2.10. The topological polar surface area (TPSA) is 41.6 Å². The molecule has 0 N–H and O–H groups in total. The van der Waals surface area contributed by atoms with Crippen molar-refractivity contribution in [1.29, 1.82) is 5.26 Å². The molecule has 0 radical (unpaired) electrons. The van der Waals surface area contributed by atoms with Crippen molar-refractivity contribution in [3.05, 3.63) is 51.8 Å². The second-order valence-electron chi connectivity index (χ2n) is 3.91. The SMILES string of the molecule is Cc1nn(Cc2ccccc2C#N)c(C)c1Cl. The fraction of sp³-hybridized carbons (Fsp3) is 0.231. The maximum absolute atomic E-state index is 9.02. The molecule has 4 heteroatoms. The normalized spacial score (nSPS) is 10.2. The molecule has 0 unspecified atom stereocenters. The Morgan fingerprint density at radius 2 is 2.06 bits per heavy atom. The van der Waals surface area contributed by atoms with E-state index in [1.165, 1.54) is 0 Å². The van der Waals surface area contributed by atoms with Crippen LogP contribution in [-0.4, -0.2) is 9.78 Å². The fourth-order valence-corrected chi connectivity index (χ4v) is 1.89. The van der Waals surface area contributed by atoms with Crippen LogP contribution in [0.1, 0.15) is 22.5 Å². The van der Waals surface area contributed by atoms with Gasteiger partial charge in [-0.25, -0.2) is 0 Å². The third-order valence-electron chi connectivity index (χ3n) is 2.75. The van der Waals surface area contributed by atoms with E-state index in [0.29, 0.717) is 17.1 Å². The van der Waals surface area contributed by atoms with Crippen molar-refractivity contribution in [2.75, 3.05) is 0 Å². The summed E-state index contributed by atoms with van der Waals surface area (Å²) in [4.78, 5) is 0. The standard InChI is InChI=1S/C13H12ClN3/c1-9-13(14)10(2)17(16-9)8-12-6-4-3-5-11(12)7-15/h3-6H,8H2,1-2H3. The van der Waals surface area contributed by atoms with Crippen molar-refractivity contribution in [3.8, 4) is 6.07 Å². The van der Waals surface area contributed by atoms with Crippen molar-refractivity contribution in [1.82, 2.24) is 9.78 Å². The zero-order valence-corrected chi connectivity index (χ0v) is 10.5. The molecule has 0 amide bonds. The molecule has 1 heterocycles. The van der Waals surface area contributed by atoms with Gasteiger partial charge in [-0.15, -0.1) is 0 Å². The van der Waals surface area contributed by atoms with Gasteiger partial charge >= 0.3 is 0 Å². The number of nitrogens with zero attached hydrogens (tertiary/aromatic N) is 3. The first kappa shape index (κ1) is 11.7. The fourth-order valence-electron chi connectivity index (χ4n) is 1.76. The lowest BCUT2D eigenvalue weighted by Crippen LogP contribution is -2.05. The second-order valence-corrected chi connectivity index (χ2v) is 4.29. The molecule has 2 rings (SSSR count). The summed E-state index contributed by atoms with van der Waals surface area (Å²) in [5.41, 5.74) is 3.38. The third kappa shape index (κ3) is 2.17. The van der Waals surface area contributed by atoms with Crippen LogP contribution in [0.2, 0.25) is 5.02 Å². The largest absolute Gasteiger partial charge is 0.264 e. The van der Waals surface area contributed by atoms with Crippen LogP contribution in [0.5, 0.6) is 0 Å². The molecule has 0 aliphatic heterocycles. The Bertz CT molecular complexity index is 593. The Balaban J connectivity index is 2.39. The molecule has 0 fully saturated rings. The average molecular weight is 246 g/mol. The van der Waals surface area contributed by atoms with Crippen molar-refractivity contribution >= 4 is 11.6 Å². The zero-order valence-electron chi connectivity index (χ0n) is 9.74. The van der Waals surface area contributed by atoms with Gasteiger partial charge in [0.2, 0.25) is 0 Å². The van der Waals surface area contributed by atoms with E-state index in [-0.39, 0.29) is 0 Å². The number of hydrogen-bond donors (Lipinski definition) is 0. The highest BCUT2D eigenvalue weighted by molar-refractivity contribution is 6.31. The van der Waals surface area contributed by atoms with Gasteiger partial charge in [0.1, 0.15) is 0 Å². The molecule has 0 saturated carbocycles. The van der Waals surface area contributed by atoms with E-state index in [0.717, 1.165) is 17.0 Å². The summed E-state index contributed by atoms with van der Waals surface area (Å²) >= 11 is 6.09. The Morgan fingerprint density at radius 1 is 1.35 bits per heavy atom. The minimum Gasteiger partial charge on any atom is -0.264 e. The van der Waals surface area contributed by atoms with Crippen molar-refractivity contribution < 1.29 is 0 Å². The first-order valence-electron chi connectivity index (χ1n) is 5.31. The van der Waals surface area contributed by atoms with E-state index < -0.39 is 0 Å². The number of aryl methyl sites for hydroxylation is 1. The smallest absolute Gasteiger partial charge is 0.0995 e. The van der Waals surface area contributed by atoms with Crippen LogP contribution in [0.15, 0.2) is 24.3 Å². The van der Waals surface area contributed by atoms with E-state index in [1.807, 2.05) is 42.8 Å². The molecule has 0 atom stereocenters. The van der Waals surface area contributed by atoms with E-state index in [4.69, 9.17) is 16.9 Å². The van der Waals surface area contributed by atoms with Crippen molar-refractivity contribution in [3.63, 3.8) is 0 Å². The second kappa shape index (κ2) is 4.60. The molecule has 0 spiro atoms. The summed E-state index contributed by atoms with van der Waals surface area (Å²) < 4.78 is 1.83. The number of benzene rings is 1. The lowest BCUT2D eigenvalue weighted by atomic mass is 10.1.